The molecule has 0 fully saturated rings. The molecule has 0 bridgehead atoms. The van der Waals surface area contributed by atoms with Crippen molar-refractivity contribution in [3.8, 4) is 0 Å². The van der Waals surface area contributed by atoms with Gasteiger partial charge in [0.25, 0.3) is 0 Å². The number of hydrogen-bond acceptors (Lipinski definition) is 1. The largest absolute Gasteiger partial charge is 0.365 e. The summed E-state index contributed by atoms with van der Waals surface area (Å²) in [4.78, 5) is 0. The summed E-state index contributed by atoms with van der Waals surface area (Å²) in [5.41, 5.74) is 2.21. The number of rotatable bonds is 0. The van der Waals surface area contributed by atoms with Crippen LogP contribution in [0.3, 0.4) is 0 Å². The van der Waals surface area contributed by atoms with E-state index in [9.17, 15) is 0 Å². The third-order valence-corrected chi connectivity index (χ3v) is 1.01. The zero-order valence-electron chi connectivity index (χ0n) is 4.94. The fraction of sp³-hybridized carbons (Fsp3) is 0.143. The van der Waals surface area contributed by atoms with Crippen LogP contribution in [0.5, 0.6) is 0 Å². The highest BCUT2D eigenvalue weighted by atomic mass is 14.8. The molecular weight excluding hydrogens is 98.1 g/mol. The maximum atomic E-state index is 3.76. The smallest absolute Gasteiger partial charge is 0.0120 e. The van der Waals surface area contributed by atoms with Gasteiger partial charge in [0.05, 0.1) is 0 Å². The molecule has 1 heterocycles. The van der Waals surface area contributed by atoms with E-state index in [1.807, 2.05) is 25.3 Å². The standard InChI is InChI=1S/C7H9N/c1-6-3-4-8-7(2)5-6/h3-5,8H,1H2,2H3. The number of hydrogen-bond donors (Lipinski definition) is 1. The van der Waals surface area contributed by atoms with Crippen LogP contribution in [0.25, 0.3) is 0 Å². The van der Waals surface area contributed by atoms with Crippen LogP contribution in [0.2, 0.25) is 0 Å². The van der Waals surface area contributed by atoms with Crippen LogP contribution in [0, 0.1) is 0 Å². The molecule has 0 amide bonds. The molecule has 0 aromatic carbocycles. The van der Waals surface area contributed by atoms with Gasteiger partial charge in [-0.15, -0.1) is 0 Å². The van der Waals surface area contributed by atoms with E-state index in [2.05, 4.69) is 11.9 Å². The van der Waals surface area contributed by atoms with Crippen LogP contribution in [-0.4, -0.2) is 0 Å². The van der Waals surface area contributed by atoms with Gasteiger partial charge in [-0.1, -0.05) is 6.58 Å². The normalized spacial score (nSPS) is 17.6. The second-order valence-electron chi connectivity index (χ2n) is 1.88. The van der Waals surface area contributed by atoms with Gasteiger partial charge < -0.3 is 5.32 Å². The summed E-state index contributed by atoms with van der Waals surface area (Å²) in [6.07, 6.45) is 5.82. The molecule has 1 rings (SSSR count). The molecule has 0 saturated carbocycles. The Hall–Kier alpha value is -0.980. The van der Waals surface area contributed by atoms with Crippen molar-refractivity contribution in [3.05, 3.63) is 36.2 Å². The first kappa shape index (κ1) is 5.16. The molecule has 42 valence electrons. The first-order valence-corrected chi connectivity index (χ1v) is 2.59. The van der Waals surface area contributed by atoms with Gasteiger partial charge in [0.1, 0.15) is 0 Å². The lowest BCUT2D eigenvalue weighted by molar-refractivity contribution is 1.04. The second-order valence-corrected chi connectivity index (χ2v) is 1.88. The van der Waals surface area contributed by atoms with Gasteiger partial charge in [-0.05, 0) is 24.6 Å². The molecule has 0 aliphatic carbocycles. The Morgan fingerprint density at radius 2 is 2.38 bits per heavy atom. The van der Waals surface area contributed by atoms with Crippen molar-refractivity contribution in [1.82, 2.24) is 5.32 Å². The monoisotopic (exact) mass is 107 g/mol. The van der Waals surface area contributed by atoms with E-state index in [4.69, 9.17) is 0 Å². The molecule has 0 spiro atoms. The molecule has 1 aliphatic rings. The Balaban J connectivity index is 2.74. The molecule has 8 heavy (non-hydrogen) atoms. The van der Waals surface area contributed by atoms with Crippen molar-refractivity contribution in [2.75, 3.05) is 0 Å². The Bertz CT molecular complexity index is 163. The predicted octanol–water partition coefficient (Wildman–Crippen LogP) is 1.56. The third kappa shape index (κ3) is 0.997. The minimum atomic E-state index is 1.06. The highest BCUT2D eigenvalue weighted by Crippen LogP contribution is 2.03. The molecule has 0 atom stereocenters. The minimum absolute atomic E-state index is 1.06. The predicted molar refractivity (Wildman–Crippen MR) is 35.2 cm³/mol. The van der Waals surface area contributed by atoms with Gasteiger partial charge in [0, 0.05) is 11.9 Å². The second kappa shape index (κ2) is 1.86. The molecule has 0 radical (unpaired) electrons. The van der Waals surface area contributed by atoms with Crippen molar-refractivity contribution >= 4 is 0 Å². The summed E-state index contributed by atoms with van der Waals surface area (Å²) in [5.74, 6) is 0. The van der Waals surface area contributed by atoms with Crippen LogP contribution >= 0.6 is 0 Å². The molecular formula is C7H9N. The maximum Gasteiger partial charge on any atom is 0.0120 e. The van der Waals surface area contributed by atoms with E-state index in [-0.39, 0.29) is 0 Å². The summed E-state index contributed by atoms with van der Waals surface area (Å²) in [6.45, 7) is 5.77. The lowest BCUT2D eigenvalue weighted by Crippen LogP contribution is -2.04. The van der Waals surface area contributed by atoms with E-state index < -0.39 is 0 Å². The fourth-order valence-electron chi connectivity index (χ4n) is 0.648. The van der Waals surface area contributed by atoms with Gasteiger partial charge >= 0.3 is 0 Å². The van der Waals surface area contributed by atoms with Crippen LogP contribution < -0.4 is 5.32 Å². The summed E-state index contributed by atoms with van der Waals surface area (Å²) in [5, 5.41) is 3.03. The number of nitrogens with one attached hydrogen (secondary N) is 1. The molecule has 1 nitrogen and oxygen atoms in total. The SMILES string of the molecule is C=C1C=CNC(C)=C1. The van der Waals surface area contributed by atoms with Crippen molar-refractivity contribution in [2.24, 2.45) is 0 Å². The van der Waals surface area contributed by atoms with Gasteiger partial charge in [0.2, 0.25) is 0 Å². The topological polar surface area (TPSA) is 12.0 Å². The average molecular weight is 107 g/mol. The lowest BCUT2D eigenvalue weighted by Gasteiger charge is -2.04. The highest BCUT2D eigenvalue weighted by molar-refractivity contribution is 5.33. The van der Waals surface area contributed by atoms with E-state index in [0.717, 1.165) is 11.3 Å². The molecule has 1 heteroatoms. The number of dihydropyridines is 1. The molecule has 0 unspecified atom stereocenters. The molecule has 1 N–H and O–H groups in total. The van der Waals surface area contributed by atoms with E-state index >= 15 is 0 Å². The van der Waals surface area contributed by atoms with Crippen molar-refractivity contribution < 1.29 is 0 Å². The maximum absolute atomic E-state index is 3.76. The van der Waals surface area contributed by atoms with Crippen molar-refractivity contribution in [3.63, 3.8) is 0 Å². The van der Waals surface area contributed by atoms with Gasteiger partial charge in [0.15, 0.2) is 0 Å². The Morgan fingerprint density at radius 3 is 2.75 bits per heavy atom. The minimum Gasteiger partial charge on any atom is -0.365 e. The Labute approximate surface area is 49.4 Å². The average Bonchev–Trinajstić information content (AvgIpc) is 1.64. The van der Waals surface area contributed by atoms with Crippen LogP contribution in [0.15, 0.2) is 36.2 Å². The zero-order chi connectivity index (χ0) is 5.98. The summed E-state index contributed by atoms with van der Waals surface area (Å²) >= 11 is 0. The van der Waals surface area contributed by atoms with E-state index in [1.165, 1.54) is 0 Å². The van der Waals surface area contributed by atoms with Crippen LogP contribution in [-0.2, 0) is 0 Å². The third-order valence-electron chi connectivity index (χ3n) is 1.01. The molecule has 1 aliphatic heterocycles. The molecule has 0 aromatic rings. The van der Waals surface area contributed by atoms with Crippen molar-refractivity contribution in [2.45, 2.75) is 6.92 Å². The zero-order valence-corrected chi connectivity index (χ0v) is 4.94. The molecule has 0 saturated heterocycles. The first-order valence-electron chi connectivity index (χ1n) is 2.59. The van der Waals surface area contributed by atoms with E-state index in [0.29, 0.717) is 0 Å². The summed E-state index contributed by atoms with van der Waals surface area (Å²) in [6, 6.07) is 0. The number of allylic oxidation sites excluding steroid dienone is 4. The Kier molecular flexibility index (Phi) is 1.20. The summed E-state index contributed by atoms with van der Waals surface area (Å²) < 4.78 is 0. The van der Waals surface area contributed by atoms with Crippen LogP contribution in [0.1, 0.15) is 6.92 Å². The first-order chi connectivity index (χ1) is 3.79. The van der Waals surface area contributed by atoms with Crippen LogP contribution in [0.4, 0.5) is 0 Å². The van der Waals surface area contributed by atoms with Gasteiger partial charge in [-0.3, -0.25) is 0 Å². The van der Waals surface area contributed by atoms with Gasteiger partial charge in [-0.25, -0.2) is 0 Å². The Morgan fingerprint density at radius 1 is 1.62 bits per heavy atom. The van der Waals surface area contributed by atoms with Crippen molar-refractivity contribution in [1.29, 1.82) is 0 Å². The lowest BCUT2D eigenvalue weighted by atomic mass is 10.2. The van der Waals surface area contributed by atoms with E-state index in [1.54, 1.807) is 0 Å². The highest BCUT2D eigenvalue weighted by Gasteiger charge is 1.90. The molecule has 0 aromatic heterocycles. The fourth-order valence-corrected chi connectivity index (χ4v) is 0.648. The van der Waals surface area contributed by atoms with Gasteiger partial charge in [-0.2, -0.15) is 0 Å². The summed E-state index contributed by atoms with van der Waals surface area (Å²) in [7, 11) is 0. The quantitative estimate of drug-likeness (QED) is 0.495.